The fourth-order valence-corrected chi connectivity index (χ4v) is 3.36. The van der Waals surface area contributed by atoms with Gasteiger partial charge in [0.25, 0.3) is 0 Å². The van der Waals surface area contributed by atoms with E-state index in [-0.39, 0.29) is 28.7 Å². The predicted octanol–water partition coefficient (Wildman–Crippen LogP) is 2.93. The lowest BCUT2D eigenvalue weighted by atomic mass is 10.2. The van der Waals surface area contributed by atoms with Crippen molar-refractivity contribution in [3.05, 3.63) is 82.3 Å². The third-order valence-electron chi connectivity index (χ3n) is 3.66. The number of aliphatic hydroxyl groups excluding tert-OH is 1. The van der Waals surface area contributed by atoms with E-state index in [1.54, 1.807) is 42.0 Å². The lowest BCUT2D eigenvalue weighted by Crippen LogP contribution is -2.40. The molecule has 138 valence electrons. The first-order chi connectivity index (χ1) is 13.0. The molecule has 0 radical (unpaired) electrons. The van der Waals surface area contributed by atoms with Gasteiger partial charge in [-0.2, -0.15) is 4.57 Å². The summed E-state index contributed by atoms with van der Waals surface area (Å²) < 4.78 is 28.6. The van der Waals surface area contributed by atoms with Crippen LogP contribution in [0, 0.1) is 11.6 Å². The summed E-state index contributed by atoms with van der Waals surface area (Å²) in [6.45, 7) is -0.214. The number of hydrogen-bond acceptors (Lipinski definition) is 4. The molecule has 0 unspecified atom stereocenters. The van der Waals surface area contributed by atoms with E-state index in [0.29, 0.717) is 10.4 Å². The zero-order chi connectivity index (χ0) is 19.4. The molecule has 4 nitrogen and oxygen atoms in total. The highest BCUT2D eigenvalue weighted by Gasteiger charge is 2.21. The van der Waals surface area contributed by atoms with Gasteiger partial charge in [-0.05, 0) is 35.4 Å². The molecule has 0 bridgehead atoms. The Hall–Kier alpha value is -2.68. The van der Waals surface area contributed by atoms with E-state index in [0.717, 1.165) is 12.1 Å². The Balaban J connectivity index is 2.06. The van der Waals surface area contributed by atoms with Crippen molar-refractivity contribution in [3.63, 3.8) is 0 Å². The molecule has 0 atom stereocenters. The van der Waals surface area contributed by atoms with Crippen molar-refractivity contribution >= 4 is 45.7 Å². The van der Waals surface area contributed by atoms with Crippen molar-refractivity contribution in [2.45, 2.75) is 6.61 Å². The van der Waals surface area contributed by atoms with Gasteiger partial charge in [0.1, 0.15) is 11.6 Å². The summed E-state index contributed by atoms with van der Waals surface area (Å²) in [5.74, 6) is -1.90. The second-order valence-corrected chi connectivity index (χ2v) is 6.87. The van der Waals surface area contributed by atoms with Crippen molar-refractivity contribution in [1.29, 1.82) is 0 Å². The van der Waals surface area contributed by atoms with Crippen LogP contribution < -0.4 is 15.0 Å². The minimum Gasteiger partial charge on any atom is -0.867 e. The maximum atomic E-state index is 14.0. The van der Waals surface area contributed by atoms with Crippen LogP contribution in [0.4, 0.5) is 14.5 Å². The molecule has 0 aliphatic heterocycles. The Morgan fingerprint density at radius 1 is 1.22 bits per heavy atom. The Morgan fingerprint density at radius 3 is 2.70 bits per heavy atom. The van der Waals surface area contributed by atoms with Gasteiger partial charge in [-0.1, -0.05) is 18.3 Å². The van der Waals surface area contributed by atoms with Crippen LogP contribution in [0.5, 0.6) is 0 Å². The van der Waals surface area contributed by atoms with Crippen LogP contribution in [0.15, 0.2) is 60.2 Å². The average molecular weight is 404 g/mol. The van der Waals surface area contributed by atoms with E-state index in [4.69, 9.17) is 12.2 Å². The first-order valence-electron chi connectivity index (χ1n) is 7.82. The summed E-state index contributed by atoms with van der Waals surface area (Å²) in [6, 6.07) is 9.78. The van der Waals surface area contributed by atoms with Crippen LogP contribution in [0.2, 0.25) is 0 Å². The minimum absolute atomic E-state index is 0.0287. The summed E-state index contributed by atoms with van der Waals surface area (Å²) in [6.07, 6.45) is 3.17. The number of pyridine rings is 1. The van der Waals surface area contributed by atoms with E-state index >= 15 is 0 Å². The van der Waals surface area contributed by atoms with Crippen LogP contribution in [0.3, 0.4) is 0 Å². The molecule has 0 amide bonds. The fraction of sp³-hybridized carbons (Fsp3) is 0.0526. The first-order valence-corrected chi connectivity index (χ1v) is 9.11. The molecule has 2 heterocycles. The Bertz CT molecular complexity index is 1000. The van der Waals surface area contributed by atoms with Crippen LogP contribution >= 0.6 is 23.6 Å². The number of nitrogens with one attached hydrogen (secondary N) is 1. The molecule has 1 aromatic carbocycles. The SMILES string of the molecule is [O-]C(=C(C(=S)Nc1ccc(F)cc1F)[n+]1cccc(CO)c1)c1cccs1. The summed E-state index contributed by atoms with van der Waals surface area (Å²) in [4.78, 5) is 0.426. The number of anilines is 1. The number of hydrogen-bond donors (Lipinski definition) is 2. The van der Waals surface area contributed by atoms with E-state index < -0.39 is 11.6 Å². The summed E-state index contributed by atoms with van der Waals surface area (Å²) in [5, 5.41) is 26.8. The highest BCUT2D eigenvalue weighted by molar-refractivity contribution is 7.81. The zero-order valence-corrected chi connectivity index (χ0v) is 15.5. The second kappa shape index (κ2) is 8.34. The van der Waals surface area contributed by atoms with Gasteiger partial charge in [-0.15, -0.1) is 11.3 Å². The predicted molar refractivity (Wildman–Crippen MR) is 103 cm³/mol. The molecular weight excluding hydrogens is 390 g/mol. The minimum atomic E-state index is -0.825. The summed E-state index contributed by atoms with van der Waals surface area (Å²) in [5.41, 5.74) is 0.619. The quantitative estimate of drug-likeness (QED) is 0.297. The van der Waals surface area contributed by atoms with Crippen LogP contribution in [-0.2, 0) is 6.61 Å². The van der Waals surface area contributed by atoms with E-state index in [1.807, 2.05) is 0 Å². The van der Waals surface area contributed by atoms with E-state index in [9.17, 15) is 19.0 Å². The smallest absolute Gasteiger partial charge is 0.239 e. The molecule has 0 saturated carbocycles. The Morgan fingerprint density at radius 2 is 2.04 bits per heavy atom. The molecule has 2 aromatic heterocycles. The van der Waals surface area contributed by atoms with Crippen molar-refractivity contribution in [3.8, 4) is 0 Å². The lowest BCUT2D eigenvalue weighted by Gasteiger charge is -2.16. The number of benzene rings is 1. The first kappa shape index (κ1) is 19.1. The largest absolute Gasteiger partial charge is 0.867 e. The van der Waals surface area contributed by atoms with E-state index in [2.05, 4.69) is 5.32 Å². The van der Waals surface area contributed by atoms with Gasteiger partial charge in [0.2, 0.25) is 5.70 Å². The van der Waals surface area contributed by atoms with Gasteiger partial charge in [0.05, 0.1) is 12.3 Å². The number of nitrogens with zero attached hydrogens (tertiary/aromatic N) is 1. The van der Waals surface area contributed by atoms with Gasteiger partial charge in [-0.3, -0.25) is 0 Å². The van der Waals surface area contributed by atoms with Crippen molar-refractivity contribution in [1.82, 2.24) is 0 Å². The Labute approximate surface area is 163 Å². The molecule has 3 aromatic rings. The van der Waals surface area contributed by atoms with Crippen molar-refractivity contribution < 1.29 is 23.6 Å². The van der Waals surface area contributed by atoms with Crippen LogP contribution in [0.1, 0.15) is 10.4 Å². The van der Waals surface area contributed by atoms with Gasteiger partial charge < -0.3 is 15.5 Å². The monoisotopic (exact) mass is 404 g/mol. The molecule has 0 saturated heterocycles. The highest BCUT2D eigenvalue weighted by atomic mass is 32.1. The van der Waals surface area contributed by atoms with Crippen LogP contribution in [-0.4, -0.2) is 10.1 Å². The molecule has 27 heavy (non-hydrogen) atoms. The van der Waals surface area contributed by atoms with E-state index in [1.165, 1.54) is 22.0 Å². The topological polar surface area (TPSA) is 59.2 Å². The summed E-state index contributed by atoms with van der Waals surface area (Å²) >= 11 is 6.60. The molecule has 0 spiro atoms. The number of halogens is 2. The molecule has 3 rings (SSSR count). The maximum Gasteiger partial charge on any atom is 0.239 e. The molecule has 0 aliphatic rings. The third kappa shape index (κ3) is 4.36. The number of thiocarbonyl (C=S) groups is 1. The highest BCUT2D eigenvalue weighted by Crippen LogP contribution is 2.22. The Kier molecular flexibility index (Phi) is 5.90. The molecule has 0 aliphatic carbocycles. The van der Waals surface area contributed by atoms with Crippen molar-refractivity contribution in [2.24, 2.45) is 0 Å². The van der Waals surface area contributed by atoms with Gasteiger partial charge >= 0.3 is 0 Å². The normalized spacial score (nSPS) is 11.8. The average Bonchev–Trinajstić information content (AvgIpc) is 3.19. The lowest BCUT2D eigenvalue weighted by molar-refractivity contribution is -0.578. The second-order valence-electron chi connectivity index (χ2n) is 5.51. The molecule has 0 fully saturated rings. The fourth-order valence-electron chi connectivity index (χ4n) is 2.39. The number of aromatic nitrogens is 1. The maximum absolute atomic E-state index is 14.0. The summed E-state index contributed by atoms with van der Waals surface area (Å²) in [7, 11) is 0. The zero-order valence-electron chi connectivity index (χ0n) is 13.9. The number of rotatable bonds is 5. The molecule has 2 N–H and O–H groups in total. The van der Waals surface area contributed by atoms with Crippen molar-refractivity contribution in [2.75, 3.05) is 5.32 Å². The standard InChI is InChI=1S/C19H14F2N2O2S2/c20-13-5-6-15(14(21)9-13)22-19(26)17(18(25)16-4-2-8-27-16)23-7-1-3-12(10-23)11-24/h1-10,24H,11H2,(H-,22,25,26). The molecule has 8 heteroatoms. The molecular formula is C19H14F2N2O2S2. The third-order valence-corrected chi connectivity index (χ3v) is 4.82. The van der Waals surface area contributed by atoms with Gasteiger partial charge in [-0.25, -0.2) is 8.78 Å². The van der Waals surface area contributed by atoms with Crippen LogP contribution in [0.25, 0.3) is 11.5 Å². The van der Waals surface area contributed by atoms with Gasteiger partial charge in [0, 0.05) is 22.6 Å². The van der Waals surface area contributed by atoms with Gasteiger partial charge in [0.15, 0.2) is 17.4 Å². The number of aliphatic hydroxyl groups is 1. The number of thiophene rings is 1.